The number of hydrogen-bond acceptors (Lipinski definition) is 12. The Bertz CT molecular complexity index is 2570. The Morgan fingerprint density at radius 3 is 2.48 bits per heavy atom. The van der Waals surface area contributed by atoms with Crippen LogP contribution < -0.4 is 31.3 Å². The molecule has 3 aliphatic heterocycles. The Morgan fingerprint density at radius 1 is 0.968 bits per heavy atom. The molecule has 0 saturated carbocycles. The predicted octanol–water partition coefficient (Wildman–Crippen LogP) is 5.23. The maximum Gasteiger partial charge on any atom is 0.278 e. The summed E-state index contributed by atoms with van der Waals surface area (Å²) < 4.78 is 18.5. The number of aryl methyl sites for hydroxylation is 1. The van der Waals surface area contributed by atoms with Crippen molar-refractivity contribution in [3.05, 3.63) is 101 Å². The first-order valence-electron chi connectivity index (χ1n) is 21.8. The average molecular weight is 844 g/mol. The quantitative estimate of drug-likeness (QED) is 0.0956. The summed E-state index contributed by atoms with van der Waals surface area (Å²) in [4.78, 5) is 58.5. The molecule has 4 aliphatic rings. The van der Waals surface area contributed by atoms with Gasteiger partial charge in [0.25, 0.3) is 5.56 Å². The van der Waals surface area contributed by atoms with Crippen molar-refractivity contribution in [3.63, 3.8) is 0 Å². The molecule has 9 rings (SSSR count). The lowest BCUT2D eigenvalue weighted by Crippen LogP contribution is -2.53. The first-order valence-corrected chi connectivity index (χ1v) is 21.8. The van der Waals surface area contributed by atoms with Gasteiger partial charge in [-0.1, -0.05) is 19.1 Å². The molecule has 62 heavy (non-hydrogen) atoms. The third-order valence-electron chi connectivity index (χ3n) is 13.2. The third kappa shape index (κ3) is 8.04. The lowest BCUT2D eigenvalue weighted by atomic mass is 9.94. The largest absolute Gasteiger partial charge is 0.384 e. The van der Waals surface area contributed by atoms with Crippen molar-refractivity contribution in [1.82, 2.24) is 34.5 Å². The van der Waals surface area contributed by atoms with E-state index in [0.29, 0.717) is 71.1 Å². The highest BCUT2D eigenvalue weighted by Gasteiger charge is 2.37. The number of fused-ring (bicyclic) bond motifs is 2. The number of pyridine rings is 1. The standard InChI is InChI=1S/C46H54FN11O4/c1-4-20-57-44(61)35-26-48-45(53-42(35)58(57)39-14-6-31-16-19-46(62,5-2)41(31)51-39)50-32-7-10-34(11-8-32)56-24-23-55(29(3)27-56)28-30-17-21-54(22-18-30)38-13-9-33(25-36(38)47)49-37-12-15-40(59)52-43(37)60/h4,6-11,13-14,25-26,29-30,37,49,62H,1,5,12,15-24,27-28H2,2-3H3,(H,48,50,53)(H,52,59,60)/t29-,37?,46-/m1/s1. The second-order valence-corrected chi connectivity index (χ2v) is 17.2. The van der Waals surface area contributed by atoms with E-state index in [1.54, 1.807) is 33.8 Å². The van der Waals surface area contributed by atoms with Crippen LogP contribution >= 0.6 is 0 Å². The average Bonchev–Trinajstić information content (AvgIpc) is 3.75. The molecule has 2 aromatic carbocycles. The van der Waals surface area contributed by atoms with Gasteiger partial charge in [0.05, 0.1) is 17.9 Å². The van der Waals surface area contributed by atoms with E-state index in [0.717, 1.165) is 75.5 Å². The van der Waals surface area contributed by atoms with Gasteiger partial charge >= 0.3 is 0 Å². The van der Waals surface area contributed by atoms with Crippen molar-refractivity contribution >= 4 is 51.5 Å². The second-order valence-electron chi connectivity index (χ2n) is 17.2. The fourth-order valence-electron chi connectivity index (χ4n) is 9.57. The van der Waals surface area contributed by atoms with Gasteiger partial charge < -0.3 is 25.5 Å². The molecule has 1 unspecified atom stereocenters. The summed E-state index contributed by atoms with van der Waals surface area (Å²) in [6.07, 6.45) is 7.75. The van der Waals surface area contributed by atoms with Crippen LogP contribution in [0.25, 0.3) is 16.9 Å². The summed E-state index contributed by atoms with van der Waals surface area (Å²) in [5.74, 6) is 0.403. The minimum atomic E-state index is -1.00. The van der Waals surface area contributed by atoms with Crippen molar-refractivity contribution in [2.75, 3.05) is 59.7 Å². The molecule has 5 aromatic rings. The van der Waals surface area contributed by atoms with E-state index in [1.807, 2.05) is 31.2 Å². The van der Waals surface area contributed by atoms with Gasteiger partial charge in [-0.25, -0.2) is 23.7 Å². The summed E-state index contributed by atoms with van der Waals surface area (Å²) in [5.41, 5.74) is 3.89. The molecule has 3 fully saturated rings. The summed E-state index contributed by atoms with van der Waals surface area (Å²) in [6, 6.07) is 16.9. The molecular weight excluding hydrogens is 790 g/mol. The maximum absolute atomic E-state index is 15.3. The number of piperazine rings is 1. The van der Waals surface area contributed by atoms with Crippen LogP contribution in [0.4, 0.5) is 33.1 Å². The fraction of sp³-hybridized carbons (Fsp3) is 0.435. The van der Waals surface area contributed by atoms with Crippen LogP contribution in [0.1, 0.15) is 63.6 Å². The first kappa shape index (κ1) is 41.2. The molecule has 6 heterocycles. The van der Waals surface area contributed by atoms with Crippen LogP contribution in [-0.4, -0.2) is 97.5 Å². The molecule has 1 aliphatic carbocycles. The van der Waals surface area contributed by atoms with Gasteiger partial charge in [-0.3, -0.25) is 24.6 Å². The van der Waals surface area contributed by atoms with E-state index in [4.69, 9.17) is 9.97 Å². The number of aliphatic hydroxyl groups is 1. The smallest absolute Gasteiger partial charge is 0.278 e. The summed E-state index contributed by atoms with van der Waals surface area (Å²) in [6.45, 7) is 13.7. The number of nitrogens with one attached hydrogen (secondary N) is 3. The number of halogens is 1. The number of piperidine rings is 2. The van der Waals surface area contributed by atoms with Gasteiger partial charge in [0.1, 0.15) is 22.8 Å². The number of amides is 2. The van der Waals surface area contributed by atoms with Crippen molar-refractivity contribution in [2.24, 2.45) is 5.92 Å². The van der Waals surface area contributed by atoms with E-state index in [1.165, 1.54) is 6.07 Å². The van der Waals surface area contributed by atoms with Crippen molar-refractivity contribution < 1.29 is 19.1 Å². The topological polar surface area (TPSA) is 166 Å². The first-order chi connectivity index (χ1) is 30.0. The zero-order chi connectivity index (χ0) is 43.1. The number of carbonyl (C=O) groups excluding carboxylic acids is 2. The minimum Gasteiger partial charge on any atom is -0.384 e. The van der Waals surface area contributed by atoms with Crippen molar-refractivity contribution in [2.45, 2.75) is 83.0 Å². The molecule has 0 spiro atoms. The number of carbonyl (C=O) groups is 2. The molecule has 15 nitrogen and oxygen atoms in total. The Hall–Kier alpha value is -6.13. The number of allylic oxidation sites excluding steroid dienone is 1. The highest BCUT2D eigenvalue weighted by molar-refractivity contribution is 6.01. The number of nitrogens with zero attached hydrogens (tertiary/aromatic N) is 8. The molecular formula is C46H54FN11O4. The molecule has 0 radical (unpaired) electrons. The van der Waals surface area contributed by atoms with Crippen molar-refractivity contribution in [3.8, 4) is 5.82 Å². The van der Waals surface area contributed by atoms with Crippen molar-refractivity contribution in [1.29, 1.82) is 0 Å². The third-order valence-corrected chi connectivity index (χ3v) is 13.2. The molecule has 3 atom stereocenters. The van der Waals surface area contributed by atoms with E-state index < -0.39 is 11.6 Å². The molecule has 2 amide bonds. The minimum absolute atomic E-state index is 0.248. The van der Waals surface area contributed by atoms with Gasteiger partial charge in [-0.05, 0) is 105 Å². The number of anilines is 5. The number of aromatic nitrogens is 5. The second kappa shape index (κ2) is 17.0. The van der Waals surface area contributed by atoms with Gasteiger partial charge in [-0.15, -0.1) is 6.58 Å². The molecule has 4 N–H and O–H groups in total. The zero-order valence-electron chi connectivity index (χ0n) is 35.3. The Labute approximate surface area is 359 Å². The SMILES string of the molecule is C=CCn1c(=O)c2cnc(Nc3ccc(N4CCN(CC5CCN(c6ccc(NC7CCC(=O)NC7=O)cc6F)CC5)[C@H](C)C4)cc3)nc2n1-c1ccc2c(n1)[C@@](O)(CC)CC2. The number of benzene rings is 2. The fourth-order valence-corrected chi connectivity index (χ4v) is 9.57. The van der Waals surface area contributed by atoms with Crippen LogP contribution in [0.15, 0.2) is 78.2 Å². The van der Waals surface area contributed by atoms with Crippen LogP contribution in [0, 0.1) is 11.7 Å². The van der Waals surface area contributed by atoms with Crippen LogP contribution in [0.3, 0.4) is 0 Å². The number of rotatable bonds is 12. The van der Waals surface area contributed by atoms with Crippen LogP contribution in [0.5, 0.6) is 0 Å². The van der Waals surface area contributed by atoms with E-state index in [9.17, 15) is 19.5 Å². The van der Waals surface area contributed by atoms with Gasteiger partial charge in [0.2, 0.25) is 17.8 Å². The molecule has 324 valence electrons. The maximum atomic E-state index is 15.3. The van der Waals surface area contributed by atoms with E-state index in [2.05, 4.69) is 61.3 Å². The molecule has 0 bridgehead atoms. The molecule has 16 heteroatoms. The Kier molecular flexibility index (Phi) is 11.3. The summed E-state index contributed by atoms with van der Waals surface area (Å²) in [7, 11) is 0. The molecule has 3 aromatic heterocycles. The van der Waals surface area contributed by atoms with E-state index in [-0.39, 0.29) is 36.2 Å². The summed E-state index contributed by atoms with van der Waals surface area (Å²) in [5, 5.41) is 20.4. The van der Waals surface area contributed by atoms with Gasteiger partial charge in [-0.2, -0.15) is 4.98 Å². The number of hydrogen-bond donors (Lipinski definition) is 4. The lowest BCUT2D eigenvalue weighted by molar-refractivity contribution is -0.133. The van der Waals surface area contributed by atoms with Gasteiger partial charge in [0, 0.05) is 75.0 Å². The van der Waals surface area contributed by atoms with Gasteiger partial charge in [0.15, 0.2) is 11.5 Å². The van der Waals surface area contributed by atoms with Crippen LogP contribution in [-0.2, 0) is 28.2 Å². The Balaban J connectivity index is 0.799. The molecule has 3 saturated heterocycles. The Morgan fingerprint density at radius 2 is 1.76 bits per heavy atom. The monoisotopic (exact) mass is 843 g/mol. The predicted molar refractivity (Wildman–Crippen MR) is 238 cm³/mol. The normalized spacial score (nSPS) is 22.2. The summed E-state index contributed by atoms with van der Waals surface area (Å²) >= 11 is 0. The number of imide groups is 1. The van der Waals surface area contributed by atoms with E-state index >= 15 is 4.39 Å². The lowest BCUT2D eigenvalue weighted by Gasteiger charge is -2.43. The van der Waals surface area contributed by atoms with Crippen LogP contribution in [0.2, 0.25) is 0 Å². The highest BCUT2D eigenvalue weighted by Crippen LogP contribution is 2.39. The zero-order valence-corrected chi connectivity index (χ0v) is 35.3. The highest BCUT2D eigenvalue weighted by atomic mass is 19.1.